The Morgan fingerprint density at radius 1 is 1.00 bits per heavy atom. The summed E-state index contributed by atoms with van der Waals surface area (Å²) >= 11 is 0. The Morgan fingerprint density at radius 3 is 1.71 bits per heavy atom. The predicted molar refractivity (Wildman–Crippen MR) is 75.2 cm³/mol. The normalized spacial score (nSPS) is 8.57. The number of hydrogen-bond donors (Lipinski definition) is 1. The molecule has 0 spiro atoms. The first-order valence-corrected chi connectivity index (χ1v) is 6.21. The van der Waals surface area contributed by atoms with Crippen LogP contribution in [0.2, 0.25) is 0 Å². The van der Waals surface area contributed by atoms with E-state index in [1.54, 1.807) is 0 Å². The summed E-state index contributed by atoms with van der Waals surface area (Å²) in [5.41, 5.74) is 0. The van der Waals surface area contributed by atoms with Crippen LogP contribution in [-0.4, -0.2) is 57.4 Å². The van der Waals surface area contributed by atoms with Gasteiger partial charge < -0.3 is 14.6 Å². The molecule has 21 heavy (non-hydrogen) atoms. The van der Waals surface area contributed by atoms with Crippen molar-refractivity contribution in [1.82, 2.24) is 0 Å². The van der Waals surface area contributed by atoms with E-state index in [4.69, 9.17) is 5.11 Å². The minimum absolute atomic E-state index is 0. The number of aliphatic hydroxyl groups is 1. The summed E-state index contributed by atoms with van der Waals surface area (Å²) in [6.07, 6.45) is -0.829. The fraction of sp³-hybridized carbons (Fsp3) is 0.727. The second kappa shape index (κ2) is 20.9. The molecule has 0 aromatic carbocycles. The van der Waals surface area contributed by atoms with Crippen LogP contribution in [-0.2, 0) is 32.7 Å². The van der Waals surface area contributed by atoms with Crippen LogP contribution in [0, 0.1) is 0 Å². The number of Topliss-reactive ketones (excluding diaryl/α,β-unsaturated/α-hetero) is 2. The Morgan fingerprint density at radius 2 is 1.43 bits per heavy atom. The van der Waals surface area contributed by atoms with Crippen molar-refractivity contribution < 1.29 is 42.6 Å². The maximum absolute atomic E-state index is 10.3. The number of ketones is 2. The van der Waals surface area contributed by atoms with Crippen LogP contribution in [0.3, 0.4) is 0 Å². The van der Waals surface area contributed by atoms with E-state index >= 15 is 0 Å². The van der Waals surface area contributed by atoms with E-state index in [-0.39, 0.29) is 32.2 Å². The van der Waals surface area contributed by atoms with Crippen molar-refractivity contribution in [2.45, 2.75) is 21.3 Å². The highest BCUT2D eigenvalue weighted by molar-refractivity contribution is 7.33. The van der Waals surface area contributed by atoms with Gasteiger partial charge in [0.1, 0.15) is 0 Å². The average Bonchev–Trinajstić information content (AvgIpc) is 2.44. The molecule has 10 heteroatoms. The maximum Gasteiger partial charge on any atom is 0.697 e. The summed E-state index contributed by atoms with van der Waals surface area (Å²) in [7, 11) is 1.35. The monoisotopic (exact) mass is 331 g/mol. The zero-order valence-electron chi connectivity index (χ0n) is 12.1. The largest absolute Gasteiger partial charge is 0.697 e. The maximum atomic E-state index is 10.3. The molecule has 0 rings (SSSR count). The SMILES string of the molecule is C.CO.COC(=O)OCC(C)=O.CO[P+](=O)OCC(C)=O. The Bertz CT molecular complexity index is 274. The molecule has 0 amide bonds. The zero-order chi connectivity index (χ0) is 16.6. The molecule has 0 bridgehead atoms. The fourth-order valence-corrected chi connectivity index (χ4v) is 0.808. The molecule has 0 saturated carbocycles. The molecule has 0 aromatic heterocycles. The van der Waals surface area contributed by atoms with E-state index in [1.807, 2.05) is 0 Å². The number of carbonyl (C=O) groups excluding carboxylic acids is 3. The van der Waals surface area contributed by atoms with Gasteiger partial charge in [-0.2, -0.15) is 0 Å². The molecule has 9 nitrogen and oxygen atoms in total. The van der Waals surface area contributed by atoms with Crippen molar-refractivity contribution in [3.8, 4) is 0 Å². The van der Waals surface area contributed by atoms with Crippen molar-refractivity contribution in [3.63, 3.8) is 0 Å². The minimum Gasteiger partial charge on any atom is -0.438 e. The van der Waals surface area contributed by atoms with Gasteiger partial charge in [-0.05, 0) is 13.8 Å². The Hall–Kier alpha value is -1.41. The van der Waals surface area contributed by atoms with Crippen LogP contribution in [0.5, 0.6) is 0 Å². The van der Waals surface area contributed by atoms with Crippen molar-refractivity contribution in [3.05, 3.63) is 0 Å². The molecule has 0 aliphatic carbocycles. The smallest absolute Gasteiger partial charge is 0.438 e. The highest BCUT2D eigenvalue weighted by Gasteiger charge is 2.17. The van der Waals surface area contributed by atoms with E-state index < -0.39 is 14.4 Å². The molecule has 0 radical (unpaired) electrons. The third-order valence-corrected chi connectivity index (χ3v) is 1.72. The van der Waals surface area contributed by atoms with Crippen molar-refractivity contribution in [1.29, 1.82) is 0 Å². The Labute approximate surface area is 125 Å². The predicted octanol–water partition coefficient (Wildman–Crippen LogP) is 1.50. The van der Waals surface area contributed by atoms with E-state index in [0.29, 0.717) is 0 Å². The summed E-state index contributed by atoms with van der Waals surface area (Å²) in [6, 6.07) is 0. The van der Waals surface area contributed by atoms with Gasteiger partial charge in [-0.25, -0.2) is 4.79 Å². The van der Waals surface area contributed by atoms with Gasteiger partial charge in [0, 0.05) is 11.7 Å². The molecule has 0 fully saturated rings. The van der Waals surface area contributed by atoms with Gasteiger partial charge in [-0.1, -0.05) is 7.43 Å². The van der Waals surface area contributed by atoms with Crippen LogP contribution in [0.4, 0.5) is 4.79 Å². The Kier molecular flexibility index (Phi) is 27.7. The van der Waals surface area contributed by atoms with Gasteiger partial charge in [-0.3, -0.25) is 9.59 Å². The molecule has 0 aliphatic heterocycles. The van der Waals surface area contributed by atoms with Crippen molar-refractivity contribution >= 4 is 26.0 Å². The first-order chi connectivity index (χ1) is 9.33. The van der Waals surface area contributed by atoms with Gasteiger partial charge in [0.2, 0.25) is 0 Å². The average molecular weight is 331 g/mol. The summed E-state index contributed by atoms with van der Waals surface area (Å²) in [5, 5.41) is 7.00. The third-order valence-electron chi connectivity index (χ3n) is 1.08. The lowest BCUT2D eigenvalue weighted by Crippen LogP contribution is -2.10. The Balaban J connectivity index is -0.000000118. The topological polar surface area (TPSA) is 125 Å². The zero-order valence-corrected chi connectivity index (χ0v) is 13.0. The summed E-state index contributed by atoms with van der Waals surface area (Å²) < 4.78 is 27.2. The van der Waals surface area contributed by atoms with Gasteiger partial charge in [0.25, 0.3) is 0 Å². The van der Waals surface area contributed by atoms with Crippen LogP contribution in [0.25, 0.3) is 0 Å². The lowest BCUT2D eigenvalue weighted by Gasteiger charge is -1.97. The second-order valence-corrected chi connectivity index (χ2v) is 3.90. The minimum atomic E-state index is -2.08. The molecular weight excluding hydrogens is 307 g/mol. The molecule has 0 heterocycles. The number of rotatable bonds is 6. The first kappa shape index (κ1) is 27.9. The molecule has 126 valence electrons. The second-order valence-electron chi connectivity index (χ2n) is 2.83. The standard InChI is InChI=1S/C5H8O4.C4H8O4P.CH4O.CH4/c1-4(6)3-9-5(7)8-2;1-4(5)3-8-9(6)7-2;1-2;/h2*3H2,1-2H3;2H,1H3;1H4/q;+1;;. The van der Waals surface area contributed by atoms with Gasteiger partial charge >= 0.3 is 14.4 Å². The molecule has 0 aliphatic rings. The molecule has 1 atom stereocenters. The van der Waals surface area contributed by atoms with Gasteiger partial charge in [0.15, 0.2) is 24.8 Å². The number of carbonyl (C=O) groups is 3. The number of methoxy groups -OCH3 is 1. The van der Waals surface area contributed by atoms with Crippen LogP contribution in [0.15, 0.2) is 0 Å². The van der Waals surface area contributed by atoms with E-state index in [9.17, 15) is 18.9 Å². The van der Waals surface area contributed by atoms with Crippen molar-refractivity contribution in [2.75, 3.05) is 34.5 Å². The molecule has 1 unspecified atom stereocenters. The highest BCUT2D eigenvalue weighted by atomic mass is 31.1. The molecular formula is C11H24O9P+. The van der Waals surface area contributed by atoms with Gasteiger partial charge in [0.05, 0.1) is 14.2 Å². The molecule has 1 N–H and O–H groups in total. The molecule has 0 aromatic rings. The number of ether oxygens (including phenoxy) is 2. The van der Waals surface area contributed by atoms with Crippen LogP contribution >= 0.6 is 8.25 Å². The summed E-state index contributed by atoms with van der Waals surface area (Å²) in [6.45, 7) is 2.30. The van der Waals surface area contributed by atoms with E-state index in [2.05, 4.69) is 18.5 Å². The van der Waals surface area contributed by atoms with E-state index in [1.165, 1.54) is 28.1 Å². The van der Waals surface area contributed by atoms with Crippen molar-refractivity contribution in [2.24, 2.45) is 0 Å². The summed E-state index contributed by atoms with van der Waals surface area (Å²) in [4.78, 5) is 30.4. The fourth-order valence-electron chi connectivity index (χ4n) is 0.416. The molecule has 0 saturated heterocycles. The quantitative estimate of drug-likeness (QED) is 0.569. The number of aliphatic hydroxyl groups excluding tert-OH is 1. The number of hydrogen-bond acceptors (Lipinski definition) is 9. The van der Waals surface area contributed by atoms with E-state index in [0.717, 1.165) is 7.11 Å². The van der Waals surface area contributed by atoms with Crippen LogP contribution < -0.4 is 0 Å². The summed E-state index contributed by atoms with van der Waals surface area (Å²) in [5.74, 6) is -0.379. The third kappa shape index (κ3) is 32.3. The first-order valence-electron chi connectivity index (χ1n) is 5.12. The van der Waals surface area contributed by atoms with Gasteiger partial charge in [-0.15, -0.1) is 9.05 Å². The lowest BCUT2D eigenvalue weighted by atomic mass is 10.5. The highest BCUT2D eigenvalue weighted by Crippen LogP contribution is 2.20. The lowest BCUT2D eigenvalue weighted by molar-refractivity contribution is -0.120. The van der Waals surface area contributed by atoms with Crippen LogP contribution in [0.1, 0.15) is 21.3 Å².